The van der Waals surface area contributed by atoms with Crippen molar-refractivity contribution in [1.29, 1.82) is 0 Å². The molecule has 0 spiro atoms. The Morgan fingerprint density at radius 3 is 2.00 bits per heavy atom. The van der Waals surface area contributed by atoms with Gasteiger partial charge in [-0.15, -0.1) is 0 Å². The van der Waals surface area contributed by atoms with Crippen molar-refractivity contribution >= 4 is 22.5 Å². The van der Waals surface area contributed by atoms with Crippen LogP contribution in [0, 0.1) is 0 Å². The zero-order valence-corrected chi connectivity index (χ0v) is 18.8. The maximum atomic E-state index is 11.8. The van der Waals surface area contributed by atoms with E-state index in [4.69, 9.17) is 4.42 Å². The molecular weight excluding hydrogens is 420 g/mol. The Hall–Kier alpha value is -4.37. The van der Waals surface area contributed by atoms with E-state index in [1.54, 1.807) is 0 Å². The largest absolute Gasteiger partial charge is 0.481 e. The molecule has 1 heterocycles. The first kappa shape index (κ1) is 21.5. The van der Waals surface area contributed by atoms with Crippen LogP contribution in [0.4, 0.5) is 0 Å². The lowest BCUT2D eigenvalue weighted by atomic mass is 9.94. The maximum Gasteiger partial charge on any atom is 0.314 e. The van der Waals surface area contributed by atoms with Crippen molar-refractivity contribution in [3.8, 4) is 22.5 Å². The molecule has 1 N–H and O–H groups in total. The van der Waals surface area contributed by atoms with Gasteiger partial charge < -0.3 is 9.52 Å². The Labute approximate surface area is 198 Å². The molecule has 0 aliphatic heterocycles. The number of carboxylic acid groups (broad SMARTS) is 1. The molecule has 0 saturated heterocycles. The fourth-order valence-electron chi connectivity index (χ4n) is 4.19. The Kier molecular flexibility index (Phi) is 5.84. The normalized spacial score (nSPS) is 12.6. The number of fused-ring (bicyclic) bond motifs is 1. The minimum atomic E-state index is -0.855. The lowest BCUT2D eigenvalue weighted by Crippen LogP contribution is -2.09. The van der Waals surface area contributed by atoms with Gasteiger partial charge in [-0.05, 0) is 46.9 Å². The van der Waals surface area contributed by atoms with E-state index in [0.717, 1.165) is 50.1 Å². The van der Waals surface area contributed by atoms with Crippen molar-refractivity contribution in [2.24, 2.45) is 0 Å². The molecule has 3 nitrogen and oxygen atoms in total. The van der Waals surface area contributed by atoms with Crippen molar-refractivity contribution in [2.75, 3.05) is 0 Å². The fraction of sp³-hybridized carbons (Fsp3) is 0.0645. The number of benzene rings is 4. The van der Waals surface area contributed by atoms with Crippen LogP contribution in [-0.4, -0.2) is 11.1 Å². The number of rotatable bonds is 6. The zero-order valence-electron chi connectivity index (χ0n) is 18.8. The first-order valence-corrected chi connectivity index (χ1v) is 11.2. The van der Waals surface area contributed by atoms with Crippen molar-refractivity contribution in [1.82, 2.24) is 0 Å². The van der Waals surface area contributed by atoms with E-state index in [2.05, 4.69) is 42.5 Å². The van der Waals surface area contributed by atoms with E-state index in [9.17, 15) is 9.90 Å². The SMILES string of the molecule is C/C(=C\C(C(=O)O)c1ccccc1)c1ccc(-c2ccc(-c3cc4ccccc4o3)cc2)cc1. The van der Waals surface area contributed by atoms with Crippen molar-refractivity contribution in [3.05, 3.63) is 126 Å². The standard InChI is InChI=1S/C31H24O3/c1-21(19-28(31(32)33)25-7-3-2-4-8-25)22-11-13-23(14-12-22)24-15-17-26(18-16-24)30-20-27-9-5-6-10-29(27)34-30/h2-20,28H,1H3,(H,32,33)/b21-19+. The molecule has 4 aromatic carbocycles. The molecule has 0 amide bonds. The molecule has 0 saturated carbocycles. The number of carbonyl (C=O) groups is 1. The first-order valence-electron chi connectivity index (χ1n) is 11.2. The Bertz CT molecular complexity index is 1420. The molecule has 1 atom stereocenters. The van der Waals surface area contributed by atoms with Gasteiger partial charge in [0.25, 0.3) is 0 Å². The third-order valence-electron chi connectivity index (χ3n) is 6.11. The van der Waals surface area contributed by atoms with E-state index in [1.165, 1.54) is 0 Å². The van der Waals surface area contributed by atoms with E-state index >= 15 is 0 Å². The second-order valence-corrected chi connectivity index (χ2v) is 8.38. The Morgan fingerprint density at radius 1 is 0.765 bits per heavy atom. The summed E-state index contributed by atoms with van der Waals surface area (Å²) in [7, 11) is 0. The highest BCUT2D eigenvalue weighted by atomic mass is 16.4. The van der Waals surface area contributed by atoms with E-state index < -0.39 is 11.9 Å². The van der Waals surface area contributed by atoms with Gasteiger partial charge in [0.2, 0.25) is 0 Å². The summed E-state index contributed by atoms with van der Waals surface area (Å²) in [6.07, 6.45) is 1.81. The summed E-state index contributed by atoms with van der Waals surface area (Å²) in [6.45, 7) is 1.95. The van der Waals surface area contributed by atoms with Gasteiger partial charge in [0.15, 0.2) is 0 Å². The second kappa shape index (κ2) is 9.24. The molecule has 0 aliphatic carbocycles. The molecule has 0 aliphatic rings. The lowest BCUT2D eigenvalue weighted by molar-refractivity contribution is -0.137. The van der Waals surface area contributed by atoms with Gasteiger partial charge in [-0.25, -0.2) is 0 Å². The van der Waals surface area contributed by atoms with Gasteiger partial charge >= 0.3 is 5.97 Å². The average molecular weight is 445 g/mol. The number of aliphatic carboxylic acids is 1. The Balaban J connectivity index is 1.36. The van der Waals surface area contributed by atoms with Gasteiger partial charge in [-0.2, -0.15) is 0 Å². The second-order valence-electron chi connectivity index (χ2n) is 8.38. The van der Waals surface area contributed by atoms with Crippen LogP contribution in [0.2, 0.25) is 0 Å². The predicted molar refractivity (Wildman–Crippen MR) is 138 cm³/mol. The highest BCUT2D eigenvalue weighted by Crippen LogP contribution is 2.30. The van der Waals surface area contributed by atoms with Gasteiger partial charge in [0, 0.05) is 10.9 Å². The summed E-state index contributed by atoms with van der Waals surface area (Å²) in [6, 6.07) is 35.9. The molecule has 0 fully saturated rings. The van der Waals surface area contributed by atoms with Crippen LogP contribution in [0.25, 0.3) is 39.0 Å². The number of hydrogen-bond donors (Lipinski definition) is 1. The molecule has 1 unspecified atom stereocenters. The van der Waals surface area contributed by atoms with Crippen LogP contribution in [-0.2, 0) is 4.79 Å². The fourth-order valence-corrected chi connectivity index (χ4v) is 4.19. The number of hydrogen-bond acceptors (Lipinski definition) is 2. The molecule has 0 bridgehead atoms. The van der Waals surface area contributed by atoms with Crippen LogP contribution in [0.15, 0.2) is 120 Å². The number of carboxylic acids is 1. The molecule has 3 heteroatoms. The average Bonchev–Trinajstić information content (AvgIpc) is 3.32. The molecule has 5 rings (SSSR count). The van der Waals surface area contributed by atoms with Gasteiger partial charge in [0.05, 0.1) is 0 Å². The lowest BCUT2D eigenvalue weighted by Gasteiger charge is -2.11. The van der Waals surface area contributed by atoms with Crippen LogP contribution in [0.3, 0.4) is 0 Å². The smallest absolute Gasteiger partial charge is 0.314 e. The predicted octanol–water partition coefficient (Wildman–Crippen LogP) is 8.04. The van der Waals surface area contributed by atoms with Gasteiger partial charge in [0.1, 0.15) is 17.3 Å². The summed E-state index contributed by atoms with van der Waals surface area (Å²) in [4.78, 5) is 11.8. The molecule has 34 heavy (non-hydrogen) atoms. The van der Waals surface area contributed by atoms with E-state index in [0.29, 0.717) is 0 Å². The minimum absolute atomic E-state index is 0.674. The summed E-state index contributed by atoms with van der Waals surface area (Å²) in [5.41, 5.74) is 6.85. The summed E-state index contributed by atoms with van der Waals surface area (Å²) in [5.74, 6) is -0.673. The maximum absolute atomic E-state index is 11.8. The first-order chi connectivity index (χ1) is 16.6. The number of para-hydroxylation sites is 1. The van der Waals surface area contributed by atoms with E-state index in [-0.39, 0.29) is 0 Å². The highest BCUT2D eigenvalue weighted by molar-refractivity contribution is 5.84. The minimum Gasteiger partial charge on any atom is -0.481 e. The molecule has 5 aromatic rings. The van der Waals surface area contributed by atoms with Crippen molar-refractivity contribution in [3.63, 3.8) is 0 Å². The summed E-state index contributed by atoms with van der Waals surface area (Å²) in [5, 5.41) is 10.8. The zero-order chi connectivity index (χ0) is 23.5. The van der Waals surface area contributed by atoms with Crippen molar-refractivity contribution in [2.45, 2.75) is 12.8 Å². The highest BCUT2D eigenvalue weighted by Gasteiger charge is 2.17. The quantitative estimate of drug-likeness (QED) is 0.288. The van der Waals surface area contributed by atoms with Crippen LogP contribution in [0.5, 0.6) is 0 Å². The molecule has 166 valence electrons. The van der Waals surface area contributed by atoms with Crippen molar-refractivity contribution < 1.29 is 14.3 Å². The number of furan rings is 1. The van der Waals surface area contributed by atoms with Crippen LogP contribution >= 0.6 is 0 Å². The molecular formula is C31H24O3. The van der Waals surface area contributed by atoms with Gasteiger partial charge in [-0.1, -0.05) is 103 Å². The monoisotopic (exact) mass is 444 g/mol. The molecule has 0 radical (unpaired) electrons. The summed E-state index contributed by atoms with van der Waals surface area (Å²) < 4.78 is 5.97. The number of allylic oxidation sites excluding steroid dienone is 1. The summed E-state index contributed by atoms with van der Waals surface area (Å²) >= 11 is 0. The Morgan fingerprint density at radius 2 is 1.35 bits per heavy atom. The van der Waals surface area contributed by atoms with Crippen LogP contribution in [0.1, 0.15) is 24.0 Å². The third-order valence-corrected chi connectivity index (χ3v) is 6.11. The van der Waals surface area contributed by atoms with E-state index in [1.807, 2.05) is 79.7 Å². The van der Waals surface area contributed by atoms with Crippen LogP contribution < -0.4 is 0 Å². The van der Waals surface area contributed by atoms with Gasteiger partial charge in [-0.3, -0.25) is 4.79 Å². The topological polar surface area (TPSA) is 50.4 Å². The molecule has 1 aromatic heterocycles. The third kappa shape index (κ3) is 4.41.